The monoisotopic (exact) mass is 334 g/mol. The zero-order valence-corrected chi connectivity index (χ0v) is 14.5. The van der Waals surface area contributed by atoms with Gasteiger partial charge in [0, 0.05) is 24.2 Å². The van der Waals surface area contributed by atoms with Crippen LogP contribution in [0.5, 0.6) is 0 Å². The molecule has 23 heavy (non-hydrogen) atoms. The second-order valence-corrected chi connectivity index (χ2v) is 6.94. The van der Waals surface area contributed by atoms with Crippen LogP contribution in [0.1, 0.15) is 54.2 Å². The number of nitrogens with one attached hydrogen (secondary N) is 2. The predicted molar refractivity (Wildman–Crippen MR) is 89.7 cm³/mol. The number of urea groups is 1. The van der Waals surface area contributed by atoms with E-state index in [-0.39, 0.29) is 12.1 Å². The van der Waals surface area contributed by atoms with E-state index < -0.39 is 0 Å². The molecule has 0 radical (unpaired) electrons. The maximum atomic E-state index is 12.6. The number of hydrogen-bond acceptors (Lipinski definition) is 5. The first kappa shape index (κ1) is 15.9. The highest BCUT2D eigenvalue weighted by Gasteiger charge is 2.33. The van der Waals surface area contributed by atoms with Crippen LogP contribution in [-0.4, -0.2) is 37.9 Å². The van der Waals surface area contributed by atoms with Gasteiger partial charge in [-0.25, -0.2) is 4.79 Å². The minimum Gasteiger partial charge on any atom is -0.317 e. The van der Waals surface area contributed by atoms with E-state index in [9.17, 15) is 4.79 Å². The molecule has 3 heterocycles. The van der Waals surface area contributed by atoms with Crippen LogP contribution in [0.2, 0.25) is 0 Å². The van der Waals surface area contributed by atoms with Gasteiger partial charge in [-0.2, -0.15) is 5.10 Å². The molecule has 0 spiro atoms. The molecule has 8 heteroatoms. The van der Waals surface area contributed by atoms with Crippen molar-refractivity contribution >= 4 is 22.5 Å². The molecule has 0 unspecified atom stereocenters. The summed E-state index contributed by atoms with van der Waals surface area (Å²) >= 11 is 1.45. The summed E-state index contributed by atoms with van der Waals surface area (Å²) in [4.78, 5) is 14.5. The Labute approximate surface area is 139 Å². The highest BCUT2D eigenvalue weighted by Crippen LogP contribution is 2.35. The highest BCUT2D eigenvalue weighted by molar-refractivity contribution is 7.15. The third-order valence-corrected chi connectivity index (χ3v) is 5.08. The summed E-state index contributed by atoms with van der Waals surface area (Å²) in [5.41, 5.74) is 3.14. The van der Waals surface area contributed by atoms with Crippen LogP contribution < -0.4 is 5.32 Å². The van der Waals surface area contributed by atoms with Crippen molar-refractivity contribution in [3.63, 3.8) is 0 Å². The maximum Gasteiger partial charge on any atom is 0.324 e. The SMILES string of the molecule is CCCc1nnc(NC(=O)N2CCC[C@H]2c2c(C)n[nH]c2C)s1. The van der Waals surface area contributed by atoms with Crippen LogP contribution in [0.15, 0.2) is 0 Å². The molecule has 2 N–H and O–H groups in total. The summed E-state index contributed by atoms with van der Waals surface area (Å²) in [6.45, 7) is 6.84. The Morgan fingerprint density at radius 1 is 1.43 bits per heavy atom. The lowest BCUT2D eigenvalue weighted by Crippen LogP contribution is -2.34. The number of H-pyrrole nitrogens is 1. The number of likely N-dealkylation sites (tertiary alicyclic amines) is 1. The Kier molecular flexibility index (Phi) is 4.61. The Hall–Kier alpha value is -1.96. The minimum absolute atomic E-state index is 0.0804. The lowest BCUT2D eigenvalue weighted by atomic mass is 10.0. The van der Waals surface area contributed by atoms with E-state index in [2.05, 4.69) is 32.6 Å². The van der Waals surface area contributed by atoms with Crippen molar-refractivity contribution in [1.82, 2.24) is 25.3 Å². The first-order chi connectivity index (χ1) is 11.1. The topological polar surface area (TPSA) is 86.8 Å². The van der Waals surface area contributed by atoms with E-state index in [0.29, 0.717) is 5.13 Å². The quantitative estimate of drug-likeness (QED) is 0.899. The first-order valence-corrected chi connectivity index (χ1v) is 8.83. The Bertz CT molecular complexity index is 674. The van der Waals surface area contributed by atoms with E-state index >= 15 is 0 Å². The first-order valence-electron chi connectivity index (χ1n) is 8.01. The fraction of sp³-hybridized carbons (Fsp3) is 0.600. The second kappa shape index (κ2) is 6.66. The molecule has 1 atom stereocenters. The van der Waals surface area contributed by atoms with Gasteiger partial charge < -0.3 is 4.90 Å². The van der Waals surface area contributed by atoms with Crippen molar-refractivity contribution in [3.8, 4) is 0 Å². The molecule has 1 saturated heterocycles. The molecule has 124 valence electrons. The number of carbonyl (C=O) groups is 1. The molecule has 7 nitrogen and oxygen atoms in total. The summed E-state index contributed by atoms with van der Waals surface area (Å²) in [5, 5.41) is 19.9. The Morgan fingerprint density at radius 2 is 2.26 bits per heavy atom. The number of rotatable bonds is 4. The molecule has 1 aliphatic rings. The average molecular weight is 334 g/mol. The van der Waals surface area contributed by atoms with E-state index in [0.717, 1.165) is 54.2 Å². The maximum absolute atomic E-state index is 12.6. The molecule has 3 rings (SSSR count). The van der Waals surface area contributed by atoms with Crippen molar-refractivity contribution in [3.05, 3.63) is 22.0 Å². The standard InChI is InChI=1S/C15H22N6OS/c1-4-6-12-19-20-14(23-12)16-15(22)21-8-5-7-11(21)13-9(2)17-18-10(13)3/h11H,4-8H2,1-3H3,(H,17,18)(H,16,20,22)/t11-/m0/s1. The number of aromatic nitrogens is 4. The predicted octanol–water partition coefficient (Wildman–Crippen LogP) is 3.20. The normalized spacial score (nSPS) is 17.7. The van der Waals surface area contributed by atoms with Gasteiger partial charge in [0.15, 0.2) is 0 Å². The van der Waals surface area contributed by atoms with Crippen LogP contribution in [0.25, 0.3) is 0 Å². The van der Waals surface area contributed by atoms with Crippen LogP contribution >= 0.6 is 11.3 Å². The zero-order chi connectivity index (χ0) is 16.4. The third-order valence-electron chi connectivity index (χ3n) is 4.18. The lowest BCUT2D eigenvalue weighted by Gasteiger charge is -2.24. The van der Waals surface area contributed by atoms with Crippen LogP contribution in [0, 0.1) is 13.8 Å². The van der Waals surface area contributed by atoms with Crippen molar-refractivity contribution in [2.24, 2.45) is 0 Å². The number of aromatic amines is 1. The Balaban J connectivity index is 1.73. The van der Waals surface area contributed by atoms with Crippen molar-refractivity contribution < 1.29 is 4.79 Å². The smallest absolute Gasteiger partial charge is 0.317 e. The zero-order valence-electron chi connectivity index (χ0n) is 13.7. The van der Waals surface area contributed by atoms with Crippen LogP contribution in [0.4, 0.5) is 9.93 Å². The molecular weight excluding hydrogens is 312 g/mol. The van der Waals surface area contributed by atoms with Gasteiger partial charge in [-0.1, -0.05) is 18.3 Å². The minimum atomic E-state index is -0.105. The second-order valence-electron chi connectivity index (χ2n) is 5.88. The summed E-state index contributed by atoms with van der Waals surface area (Å²) in [7, 11) is 0. The number of hydrogen-bond donors (Lipinski definition) is 2. The number of anilines is 1. The van der Waals surface area contributed by atoms with E-state index in [1.54, 1.807) is 0 Å². The molecule has 2 aromatic heterocycles. The number of nitrogens with zero attached hydrogens (tertiary/aromatic N) is 4. The molecule has 0 aliphatic carbocycles. The highest BCUT2D eigenvalue weighted by atomic mass is 32.1. The van der Waals surface area contributed by atoms with Gasteiger partial charge in [0.1, 0.15) is 5.01 Å². The van der Waals surface area contributed by atoms with Gasteiger partial charge in [0.05, 0.1) is 11.7 Å². The van der Waals surface area contributed by atoms with E-state index in [1.165, 1.54) is 11.3 Å². The molecule has 0 saturated carbocycles. The molecule has 0 bridgehead atoms. The van der Waals surface area contributed by atoms with E-state index in [1.807, 2.05) is 18.7 Å². The van der Waals surface area contributed by atoms with Crippen LogP contribution in [0.3, 0.4) is 0 Å². The summed E-state index contributed by atoms with van der Waals surface area (Å²) < 4.78 is 0. The van der Waals surface area contributed by atoms with Gasteiger partial charge in [0.25, 0.3) is 0 Å². The van der Waals surface area contributed by atoms with E-state index in [4.69, 9.17) is 0 Å². The third kappa shape index (κ3) is 3.21. The van der Waals surface area contributed by atoms with Gasteiger partial charge in [-0.15, -0.1) is 10.2 Å². The number of aryl methyl sites for hydroxylation is 3. The summed E-state index contributed by atoms with van der Waals surface area (Å²) in [5.74, 6) is 0. The van der Waals surface area contributed by atoms with Gasteiger partial charge in [0.2, 0.25) is 5.13 Å². The molecule has 2 amide bonds. The van der Waals surface area contributed by atoms with Crippen molar-refractivity contribution in [2.75, 3.05) is 11.9 Å². The Morgan fingerprint density at radius 3 is 2.96 bits per heavy atom. The molecule has 2 aromatic rings. The molecule has 1 aliphatic heterocycles. The number of amides is 2. The van der Waals surface area contributed by atoms with Gasteiger partial charge in [-0.05, 0) is 33.1 Å². The number of carbonyl (C=O) groups excluding carboxylic acids is 1. The summed E-state index contributed by atoms with van der Waals surface area (Å²) in [6.07, 6.45) is 3.88. The van der Waals surface area contributed by atoms with Crippen molar-refractivity contribution in [1.29, 1.82) is 0 Å². The largest absolute Gasteiger partial charge is 0.324 e. The molecular formula is C15H22N6OS. The molecule has 1 fully saturated rings. The van der Waals surface area contributed by atoms with Crippen molar-refractivity contribution in [2.45, 2.75) is 52.5 Å². The fourth-order valence-electron chi connectivity index (χ4n) is 3.14. The summed E-state index contributed by atoms with van der Waals surface area (Å²) in [6, 6.07) is -0.0246. The molecule has 0 aromatic carbocycles. The van der Waals surface area contributed by atoms with Gasteiger partial charge in [-0.3, -0.25) is 10.4 Å². The lowest BCUT2D eigenvalue weighted by molar-refractivity contribution is 0.207. The average Bonchev–Trinajstić information content (AvgIpc) is 3.21. The van der Waals surface area contributed by atoms with Crippen LogP contribution in [-0.2, 0) is 6.42 Å². The van der Waals surface area contributed by atoms with Gasteiger partial charge >= 0.3 is 6.03 Å². The fourth-order valence-corrected chi connectivity index (χ4v) is 3.97.